The molecule has 2 aromatic rings. The second kappa shape index (κ2) is 4.49. The number of ether oxygens (including phenoxy) is 1. The monoisotopic (exact) mass is 233 g/mol. The van der Waals surface area contributed by atoms with Crippen LogP contribution < -0.4 is 4.74 Å². The minimum atomic E-state index is -0.783. The van der Waals surface area contributed by atoms with Crippen molar-refractivity contribution in [1.29, 1.82) is 0 Å². The summed E-state index contributed by atoms with van der Waals surface area (Å²) in [5.41, 5.74) is 2.08. The lowest BCUT2D eigenvalue weighted by atomic mass is 10.2. The van der Waals surface area contributed by atoms with Gasteiger partial charge in [-0.05, 0) is 25.1 Å². The topological polar surface area (TPSA) is 51.5 Å². The normalized spacial score (nSPS) is 10.7. The number of fused-ring (bicyclic) bond motifs is 1. The molecule has 90 valence electrons. The fourth-order valence-corrected chi connectivity index (χ4v) is 2.00. The number of nitrogens with zero attached hydrogens (tertiary/aromatic N) is 1. The molecule has 0 saturated heterocycles. The van der Waals surface area contributed by atoms with Crippen LogP contribution in [-0.4, -0.2) is 22.8 Å². The maximum atomic E-state index is 10.6. The van der Waals surface area contributed by atoms with Crippen LogP contribution in [-0.2, 0) is 11.3 Å². The van der Waals surface area contributed by atoms with Gasteiger partial charge in [-0.15, -0.1) is 0 Å². The van der Waals surface area contributed by atoms with Gasteiger partial charge in [-0.3, -0.25) is 4.79 Å². The Morgan fingerprint density at radius 2 is 2.18 bits per heavy atom. The SMILES string of the molecule is COc1ccc2cc(C)n(CCC(=O)O)c2c1. The van der Waals surface area contributed by atoms with E-state index in [4.69, 9.17) is 9.84 Å². The zero-order chi connectivity index (χ0) is 12.4. The molecule has 0 aliphatic carbocycles. The van der Waals surface area contributed by atoms with Crippen LogP contribution in [0.15, 0.2) is 24.3 Å². The summed E-state index contributed by atoms with van der Waals surface area (Å²) in [5.74, 6) is 0.00122. The van der Waals surface area contributed by atoms with Crippen molar-refractivity contribution in [3.8, 4) is 5.75 Å². The van der Waals surface area contributed by atoms with E-state index in [1.165, 1.54) is 0 Å². The second-order valence-electron chi connectivity index (χ2n) is 4.01. The molecule has 0 aliphatic heterocycles. The molecule has 0 aliphatic rings. The number of methoxy groups -OCH3 is 1. The predicted molar refractivity (Wildman–Crippen MR) is 65.5 cm³/mol. The molecule has 0 radical (unpaired) electrons. The van der Waals surface area contributed by atoms with E-state index in [1.54, 1.807) is 7.11 Å². The number of hydrogen-bond acceptors (Lipinski definition) is 2. The number of benzene rings is 1. The zero-order valence-corrected chi connectivity index (χ0v) is 9.93. The van der Waals surface area contributed by atoms with E-state index in [1.807, 2.05) is 29.7 Å². The average Bonchev–Trinajstić information content (AvgIpc) is 2.61. The van der Waals surface area contributed by atoms with Crippen LogP contribution in [0.1, 0.15) is 12.1 Å². The van der Waals surface area contributed by atoms with Crippen LogP contribution in [0.4, 0.5) is 0 Å². The van der Waals surface area contributed by atoms with Gasteiger partial charge in [-0.25, -0.2) is 0 Å². The average molecular weight is 233 g/mol. The van der Waals surface area contributed by atoms with Gasteiger partial charge in [0.15, 0.2) is 0 Å². The predicted octanol–water partition coefficient (Wildman–Crippen LogP) is 2.43. The molecule has 0 bridgehead atoms. The fraction of sp³-hybridized carbons (Fsp3) is 0.308. The van der Waals surface area contributed by atoms with Crippen LogP contribution in [0.3, 0.4) is 0 Å². The lowest BCUT2D eigenvalue weighted by Crippen LogP contribution is -2.05. The summed E-state index contributed by atoms with van der Waals surface area (Å²) in [6.45, 7) is 2.46. The Morgan fingerprint density at radius 3 is 2.82 bits per heavy atom. The van der Waals surface area contributed by atoms with Crippen LogP contribution in [0.5, 0.6) is 5.75 Å². The molecule has 0 atom stereocenters. The van der Waals surface area contributed by atoms with Crippen LogP contribution in [0.25, 0.3) is 10.9 Å². The summed E-state index contributed by atoms with van der Waals surface area (Å²) in [6.07, 6.45) is 0.127. The molecule has 17 heavy (non-hydrogen) atoms. The molecule has 0 saturated carbocycles. The summed E-state index contributed by atoms with van der Waals surface area (Å²) in [5, 5.41) is 9.84. The smallest absolute Gasteiger partial charge is 0.305 e. The standard InChI is InChI=1S/C13H15NO3/c1-9-7-10-3-4-11(17-2)8-12(10)14(9)6-5-13(15)16/h3-4,7-8H,5-6H2,1-2H3,(H,15,16). The third-order valence-corrected chi connectivity index (χ3v) is 2.87. The second-order valence-corrected chi connectivity index (χ2v) is 4.01. The van der Waals surface area contributed by atoms with E-state index < -0.39 is 5.97 Å². The molecule has 1 N–H and O–H groups in total. The first-order valence-corrected chi connectivity index (χ1v) is 5.47. The van der Waals surface area contributed by atoms with Crippen molar-refractivity contribution >= 4 is 16.9 Å². The molecule has 4 heteroatoms. The van der Waals surface area contributed by atoms with Crippen LogP contribution in [0.2, 0.25) is 0 Å². The van der Waals surface area contributed by atoms with Crippen molar-refractivity contribution in [3.05, 3.63) is 30.0 Å². The van der Waals surface area contributed by atoms with E-state index >= 15 is 0 Å². The number of aryl methyl sites for hydroxylation is 2. The minimum absolute atomic E-state index is 0.127. The number of carbonyl (C=O) groups is 1. The van der Waals surface area contributed by atoms with Gasteiger partial charge in [-0.1, -0.05) is 0 Å². The van der Waals surface area contributed by atoms with Gasteiger partial charge in [0.1, 0.15) is 5.75 Å². The molecule has 1 heterocycles. The van der Waals surface area contributed by atoms with Crippen molar-refractivity contribution in [3.63, 3.8) is 0 Å². The highest BCUT2D eigenvalue weighted by molar-refractivity contribution is 5.83. The Morgan fingerprint density at radius 1 is 1.41 bits per heavy atom. The number of hydrogen-bond donors (Lipinski definition) is 1. The Kier molecular flexibility index (Phi) is 3.04. The number of rotatable bonds is 4. The van der Waals surface area contributed by atoms with E-state index in [0.717, 1.165) is 22.3 Å². The zero-order valence-electron chi connectivity index (χ0n) is 9.93. The lowest BCUT2D eigenvalue weighted by Gasteiger charge is -2.07. The summed E-state index contributed by atoms with van der Waals surface area (Å²) in [7, 11) is 1.62. The highest BCUT2D eigenvalue weighted by atomic mass is 16.5. The molecule has 1 aromatic heterocycles. The van der Waals surface area contributed by atoms with Gasteiger partial charge in [0.25, 0.3) is 0 Å². The third kappa shape index (κ3) is 2.25. The summed E-state index contributed by atoms with van der Waals surface area (Å²) < 4.78 is 7.19. The van der Waals surface area contributed by atoms with Gasteiger partial charge in [0.05, 0.1) is 19.0 Å². The Bertz CT molecular complexity index is 557. The van der Waals surface area contributed by atoms with Crippen molar-refractivity contribution in [2.45, 2.75) is 19.9 Å². The highest BCUT2D eigenvalue weighted by Gasteiger charge is 2.08. The largest absolute Gasteiger partial charge is 0.497 e. The van der Waals surface area contributed by atoms with E-state index in [9.17, 15) is 4.79 Å². The quantitative estimate of drug-likeness (QED) is 0.882. The molecular formula is C13H15NO3. The van der Waals surface area contributed by atoms with Crippen LogP contribution in [0, 0.1) is 6.92 Å². The van der Waals surface area contributed by atoms with Gasteiger partial charge >= 0.3 is 5.97 Å². The molecule has 4 nitrogen and oxygen atoms in total. The molecule has 0 spiro atoms. The first kappa shape index (κ1) is 11.5. The third-order valence-electron chi connectivity index (χ3n) is 2.87. The van der Waals surface area contributed by atoms with E-state index in [2.05, 4.69) is 6.07 Å². The molecule has 0 fully saturated rings. The number of carboxylic acid groups (broad SMARTS) is 1. The maximum Gasteiger partial charge on any atom is 0.305 e. The van der Waals surface area contributed by atoms with Crippen LogP contribution >= 0.6 is 0 Å². The van der Waals surface area contributed by atoms with E-state index in [0.29, 0.717) is 6.54 Å². The first-order chi connectivity index (χ1) is 8.11. The maximum absolute atomic E-state index is 10.6. The minimum Gasteiger partial charge on any atom is -0.497 e. The lowest BCUT2D eigenvalue weighted by molar-refractivity contribution is -0.137. The number of aliphatic carboxylic acids is 1. The molecule has 2 rings (SSSR count). The van der Waals surface area contributed by atoms with Gasteiger partial charge < -0.3 is 14.4 Å². The van der Waals surface area contributed by atoms with E-state index in [-0.39, 0.29) is 6.42 Å². The highest BCUT2D eigenvalue weighted by Crippen LogP contribution is 2.24. The summed E-state index contributed by atoms with van der Waals surface area (Å²) in [6, 6.07) is 7.88. The number of aromatic nitrogens is 1. The molecule has 1 aromatic carbocycles. The van der Waals surface area contributed by atoms with Gasteiger partial charge in [0, 0.05) is 23.7 Å². The van der Waals surface area contributed by atoms with Crippen molar-refractivity contribution in [2.75, 3.05) is 7.11 Å². The van der Waals surface area contributed by atoms with Crippen molar-refractivity contribution < 1.29 is 14.6 Å². The Labute approximate surface area is 99.4 Å². The fourth-order valence-electron chi connectivity index (χ4n) is 2.00. The first-order valence-electron chi connectivity index (χ1n) is 5.47. The summed E-state index contributed by atoms with van der Waals surface area (Å²) in [4.78, 5) is 10.6. The molecule has 0 amide bonds. The Hall–Kier alpha value is -1.97. The Balaban J connectivity index is 2.44. The molecular weight excluding hydrogens is 218 g/mol. The number of carboxylic acids is 1. The molecule has 0 unspecified atom stereocenters. The summed E-state index contributed by atoms with van der Waals surface area (Å²) >= 11 is 0. The van der Waals surface area contributed by atoms with Gasteiger partial charge in [-0.2, -0.15) is 0 Å². The van der Waals surface area contributed by atoms with Crippen molar-refractivity contribution in [2.24, 2.45) is 0 Å². The van der Waals surface area contributed by atoms with Gasteiger partial charge in [0.2, 0.25) is 0 Å². The van der Waals surface area contributed by atoms with Crippen molar-refractivity contribution in [1.82, 2.24) is 4.57 Å².